The molecule has 30 heavy (non-hydrogen) atoms. The summed E-state index contributed by atoms with van der Waals surface area (Å²) in [4.78, 5) is 25.0. The van der Waals surface area contributed by atoms with Crippen molar-refractivity contribution < 1.29 is 9.21 Å². The van der Waals surface area contributed by atoms with E-state index in [4.69, 9.17) is 4.42 Å². The van der Waals surface area contributed by atoms with Gasteiger partial charge >= 0.3 is 0 Å². The third-order valence-electron chi connectivity index (χ3n) is 6.06. The number of rotatable bonds is 7. The van der Waals surface area contributed by atoms with Crippen molar-refractivity contribution in [2.75, 3.05) is 31.6 Å². The molecule has 0 spiro atoms. The van der Waals surface area contributed by atoms with Gasteiger partial charge in [-0.05, 0) is 38.4 Å². The lowest BCUT2D eigenvalue weighted by Gasteiger charge is -2.36. The predicted molar refractivity (Wildman–Crippen MR) is 119 cm³/mol. The topological polar surface area (TPSA) is 77.4 Å². The number of aromatic nitrogens is 2. The number of aromatic amines is 1. The minimum absolute atomic E-state index is 0.0407. The number of amides is 1. The number of hydrogen-bond donors (Lipinski definition) is 2. The average molecular weight is 410 g/mol. The lowest BCUT2D eigenvalue weighted by molar-refractivity contribution is 0.0907. The molecule has 1 aliphatic heterocycles. The monoisotopic (exact) mass is 409 g/mol. The van der Waals surface area contributed by atoms with Crippen LogP contribution in [0.1, 0.15) is 42.8 Å². The van der Waals surface area contributed by atoms with Gasteiger partial charge in [-0.1, -0.05) is 31.5 Å². The number of anilines is 1. The standard InChI is InChI=1S/C23H31N5O2/c1-4-7-18(12-17-13-24-20-9-6-5-8-19(17)20)26-22(29)21-14-25-23(30-21)28-11-10-27(3)16(2)15-28/h5-6,8-9,13-14,16,18,24H,4,7,10-12,15H2,1-3H3,(H,26,29). The first-order valence-electron chi connectivity index (χ1n) is 10.8. The van der Waals surface area contributed by atoms with E-state index in [0.29, 0.717) is 12.1 Å². The number of piperazine rings is 1. The molecule has 160 valence electrons. The first-order chi connectivity index (χ1) is 14.5. The first-order valence-corrected chi connectivity index (χ1v) is 10.8. The van der Waals surface area contributed by atoms with Crippen molar-refractivity contribution in [3.63, 3.8) is 0 Å². The predicted octanol–water partition coefficient (Wildman–Crippen LogP) is 3.44. The van der Waals surface area contributed by atoms with Crippen LogP contribution >= 0.6 is 0 Å². The van der Waals surface area contributed by atoms with E-state index in [0.717, 1.165) is 44.4 Å². The van der Waals surface area contributed by atoms with Crippen molar-refractivity contribution >= 4 is 22.8 Å². The van der Waals surface area contributed by atoms with Gasteiger partial charge in [0.1, 0.15) is 0 Å². The maximum atomic E-state index is 12.9. The molecular weight excluding hydrogens is 378 g/mol. The van der Waals surface area contributed by atoms with Gasteiger partial charge in [-0.25, -0.2) is 4.98 Å². The second kappa shape index (κ2) is 8.92. The molecule has 1 amide bonds. The molecule has 7 nitrogen and oxygen atoms in total. The van der Waals surface area contributed by atoms with E-state index in [2.05, 4.69) is 58.1 Å². The number of hydrogen-bond acceptors (Lipinski definition) is 5. The lowest BCUT2D eigenvalue weighted by Crippen LogP contribution is -2.50. The molecule has 1 saturated heterocycles. The van der Waals surface area contributed by atoms with Crippen molar-refractivity contribution in [2.45, 2.75) is 45.2 Å². The number of para-hydroxylation sites is 1. The summed E-state index contributed by atoms with van der Waals surface area (Å²) < 4.78 is 5.83. The molecule has 1 fully saturated rings. The Morgan fingerprint density at radius 1 is 1.37 bits per heavy atom. The summed E-state index contributed by atoms with van der Waals surface area (Å²) in [6.45, 7) is 6.96. The lowest BCUT2D eigenvalue weighted by atomic mass is 10.0. The summed E-state index contributed by atoms with van der Waals surface area (Å²) in [6.07, 6.45) is 6.26. The number of fused-ring (bicyclic) bond motifs is 1. The molecule has 1 aromatic carbocycles. The highest BCUT2D eigenvalue weighted by Crippen LogP contribution is 2.21. The highest BCUT2D eigenvalue weighted by molar-refractivity contribution is 5.91. The molecule has 0 saturated carbocycles. The van der Waals surface area contributed by atoms with Crippen molar-refractivity contribution in [2.24, 2.45) is 0 Å². The van der Waals surface area contributed by atoms with Gasteiger partial charge in [0.2, 0.25) is 5.76 Å². The maximum Gasteiger partial charge on any atom is 0.298 e. The highest BCUT2D eigenvalue weighted by atomic mass is 16.4. The molecule has 1 aliphatic rings. The Morgan fingerprint density at radius 2 is 2.20 bits per heavy atom. The number of carbonyl (C=O) groups is 1. The molecule has 0 bridgehead atoms. The van der Waals surface area contributed by atoms with Crippen molar-refractivity contribution in [3.05, 3.63) is 48.0 Å². The normalized spacial score (nSPS) is 18.6. The van der Waals surface area contributed by atoms with Crippen LogP contribution in [-0.4, -0.2) is 59.5 Å². The second-order valence-electron chi connectivity index (χ2n) is 8.31. The number of nitrogens with zero attached hydrogens (tertiary/aromatic N) is 3. The molecule has 2 aromatic heterocycles. The van der Waals surface area contributed by atoms with Gasteiger partial charge in [-0.3, -0.25) is 4.79 Å². The minimum Gasteiger partial charge on any atom is -0.418 e. The number of oxazole rings is 1. The Bertz CT molecular complexity index is 994. The number of H-pyrrole nitrogens is 1. The summed E-state index contributed by atoms with van der Waals surface area (Å²) in [7, 11) is 2.12. The van der Waals surface area contributed by atoms with Crippen molar-refractivity contribution in [1.82, 2.24) is 20.2 Å². The summed E-state index contributed by atoms with van der Waals surface area (Å²) in [6, 6.07) is 9.25. The molecule has 2 atom stereocenters. The van der Waals surface area contributed by atoms with Gasteiger partial charge in [0, 0.05) is 48.8 Å². The van der Waals surface area contributed by atoms with Gasteiger partial charge < -0.3 is 24.5 Å². The van der Waals surface area contributed by atoms with Gasteiger partial charge in [-0.15, -0.1) is 0 Å². The largest absolute Gasteiger partial charge is 0.418 e. The van der Waals surface area contributed by atoms with E-state index < -0.39 is 0 Å². The van der Waals surface area contributed by atoms with Crippen LogP contribution in [0.5, 0.6) is 0 Å². The van der Waals surface area contributed by atoms with Crippen LogP contribution in [0.3, 0.4) is 0 Å². The Balaban J connectivity index is 1.43. The average Bonchev–Trinajstić information content (AvgIpc) is 3.38. The Labute approximate surface area is 177 Å². The third kappa shape index (κ3) is 4.36. The van der Waals surface area contributed by atoms with Gasteiger partial charge in [0.15, 0.2) is 0 Å². The van der Waals surface area contributed by atoms with E-state index in [1.165, 1.54) is 10.9 Å². The van der Waals surface area contributed by atoms with Gasteiger partial charge in [0.25, 0.3) is 11.9 Å². The smallest absolute Gasteiger partial charge is 0.298 e. The first kappa shape index (κ1) is 20.5. The van der Waals surface area contributed by atoms with E-state index in [9.17, 15) is 4.79 Å². The zero-order valence-corrected chi connectivity index (χ0v) is 18.0. The van der Waals surface area contributed by atoms with Crippen LogP contribution in [-0.2, 0) is 6.42 Å². The molecule has 2 N–H and O–H groups in total. The Hall–Kier alpha value is -2.80. The molecule has 4 rings (SSSR count). The van der Waals surface area contributed by atoms with E-state index in [1.807, 2.05) is 18.3 Å². The molecule has 0 aliphatic carbocycles. The zero-order chi connectivity index (χ0) is 21.1. The molecule has 0 radical (unpaired) electrons. The number of benzene rings is 1. The molecule has 3 heterocycles. The fraction of sp³-hybridized carbons (Fsp3) is 0.478. The fourth-order valence-corrected chi connectivity index (χ4v) is 4.13. The number of carbonyl (C=O) groups excluding carboxylic acids is 1. The fourth-order valence-electron chi connectivity index (χ4n) is 4.13. The Kier molecular flexibility index (Phi) is 6.08. The minimum atomic E-state index is -0.200. The summed E-state index contributed by atoms with van der Waals surface area (Å²) in [5.74, 6) is 0.0748. The van der Waals surface area contributed by atoms with Crippen LogP contribution < -0.4 is 10.2 Å². The van der Waals surface area contributed by atoms with Crippen LogP contribution in [0, 0.1) is 0 Å². The van der Waals surface area contributed by atoms with Crippen LogP contribution in [0.4, 0.5) is 6.01 Å². The third-order valence-corrected chi connectivity index (χ3v) is 6.06. The van der Waals surface area contributed by atoms with Crippen LogP contribution in [0.15, 0.2) is 41.1 Å². The molecular formula is C23H31N5O2. The van der Waals surface area contributed by atoms with Gasteiger partial charge in [-0.2, -0.15) is 0 Å². The summed E-state index contributed by atoms with van der Waals surface area (Å²) in [5.41, 5.74) is 2.34. The van der Waals surface area contributed by atoms with Crippen molar-refractivity contribution in [1.29, 1.82) is 0 Å². The van der Waals surface area contributed by atoms with Gasteiger partial charge in [0.05, 0.1) is 6.20 Å². The SMILES string of the molecule is CCCC(Cc1c[nH]c2ccccc12)NC(=O)c1cnc(N2CCN(C)C(C)C2)o1. The Morgan fingerprint density at radius 3 is 3.00 bits per heavy atom. The van der Waals surface area contributed by atoms with E-state index >= 15 is 0 Å². The summed E-state index contributed by atoms with van der Waals surface area (Å²) in [5, 5.41) is 4.36. The number of likely N-dealkylation sites (N-methyl/N-ethyl adjacent to an activating group) is 1. The quantitative estimate of drug-likeness (QED) is 0.625. The molecule has 3 aromatic rings. The molecule has 7 heteroatoms. The van der Waals surface area contributed by atoms with E-state index in [-0.39, 0.29) is 17.7 Å². The highest BCUT2D eigenvalue weighted by Gasteiger charge is 2.25. The zero-order valence-electron chi connectivity index (χ0n) is 18.0. The van der Waals surface area contributed by atoms with Crippen LogP contribution in [0.2, 0.25) is 0 Å². The van der Waals surface area contributed by atoms with Crippen molar-refractivity contribution in [3.8, 4) is 0 Å². The second-order valence-corrected chi connectivity index (χ2v) is 8.31. The maximum absolute atomic E-state index is 12.9. The summed E-state index contributed by atoms with van der Waals surface area (Å²) >= 11 is 0. The number of nitrogens with one attached hydrogen (secondary N) is 2. The molecule has 2 unspecified atom stereocenters. The van der Waals surface area contributed by atoms with Crippen LogP contribution in [0.25, 0.3) is 10.9 Å². The van der Waals surface area contributed by atoms with E-state index in [1.54, 1.807) is 6.20 Å².